The predicted molar refractivity (Wildman–Crippen MR) is 152 cm³/mol. The standard InChI is InChI=1S/C32H32FN5O2/c1-19-25-5-3-2-4-20(25)11-13-38(19)32(40)23-14-27(21-6-7-21)31-35-29(18-37(31)17-23)26-9-8-24(15-28(26)33)36-12-10-22(16-36)30(34)39/h2-5,8-9,14-15,17-19,21-22H,6-7,10-13,16H2,1H3,(H2,34,39)/t19-,22+/m1/s1. The van der Waals surface area contributed by atoms with Crippen LogP contribution >= 0.6 is 0 Å². The number of hydrogen-bond acceptors (Lipinski definition) is 4. The highest BCUT2D eigenvalue weighted by Gasteiger charge is 2.32. The maximum atomic E-state index is 15.4. The van der Waals surface area contributed by atoms with E-state index in [9.17, 15) is 9.59 Å². The van der Waals surface area contributed by atoms with Crippen molar-refractivity contribution in [1.82, 2.24) is 14.3 Å². The molecule has 2 aromatic heterocycles. The van der Waals surface area contributed by atoms with Gasteiger partial charge < -0.3 is 19.9 Å². The van der Waals surface area contributed by atoms with Crippen molar-refractivity contribution in [3.05, 3.63) is 89.0 Å². The van der Waals surface area contributed by atoms with Crippen molar-refractivity contribution in [2.24, 2.45) is 11.7 Å². The maximum absolute atomic E-state index is 15.4. The first-order chi connectivity index (χ1) is 19.4. The third kappa shape index (κ3) is 4.22. The summed E-state index contributed by atoms with van der Waals surface area (Å²) >= 11 is 0. The van der Waals surface area contributed by atoms with E-state index in [4.69, 9.17) is 10.7 Å². The molecule has 1 saturated heterocycles. The van der Waals surface area contributed by atoms with Gasteiger partial charge in [-0.2, -0.15) is 0 Å². The van der Waals surface area contributed by atoms with Crippen LogP contribution in [0.4, 0.5) is 10.1 Å². The first-order valence-corrected chi connectivity index (χ1v) is 14.1. The number of carbonyl (C=O) groups excluding carboxylic acids is 2. The van der Waals surface area contributed by atoms with Gasteiger partial charge in [0.25, 0.3) is 5.91 Å². The van der Waals surface area contributed by atoms with Crippen molar-refractivity contribution in [2.45, 2.75) is 44.6 Å². The Hall–Kier alpha value is -4.20. The quantitative estimate of drug-likeness (QED) is 0.385. The number of nitrogens with two attached hydrogens (primary N) is 1. The molecule has 8 heteroatoms. The summed E-state index contributed by atoms with van der Waals surface area (Å²) in [5.74, 6) is -0.509. The average molecular weight is 538 g/mol. The lowest BCUT2D eigenvalue weighted by molar-refractivity contribution is -0.121. The van der Waals surface area contributed by atoms with Crippen molar-refractivity contribution >= 4 is 23.1 Å². The Balaban J connectivity index is 1.21. The van der Waals surface area contributed by atoms with E-state index in [1.165, 1.54) is 17.2 Å². The van der Waals surface area contributed by atoms with Crippen molar-refractivity contribution in [3.8, 4) is 11.3 Å². The SMILES string of the molecule is C[C@@H]1c2ccccc2CCN1C(=O)c1cc(C2CC2)c2nc(-c3ccc(N4CC[C@H](C(N)=O)C4)cc3F)cn2c1. The van der Waals surface area contributed by atoms with Crippen molar-refractivity contribution in [2.75, 3.05) is 24.5 Å². The van der Waals surface area contributed by atoms with Crippen LogP contribution < -0.4 is 10.6 Å². The maximum Gasteiger partial charge on any atom is 0.255 e. The topological polar surface area (TPSA) is 83.9 Å². The molecule has 2 aromatic carbocycles. The number of nitrogens with zero attached hydrogens (tertiary/aromatic N) is 4. The van der Waals surface area contributed by atoms with Gasteiger partial charge in [-0.05, 0) is 79.5 Å². The van der Waals surface area contributed by atoms with Crippen LogP contribution in [0.1, 0.15) is 65.2 Å². The number of imidazole rings is 1. The summed E-state index contributed by atoms with van der Waals surface area (Å²) in [6.45, 7) is 3.95. The molecule has 3 aliphatic rings. The number of halogens is 1. The number of rotatable bonds is 5. The number of anilines is 1. The van der Waals surface area contributed by atoms with E-state index in [1.807, 2.05) is 44.8 Å². The Morgan fingerprint density at radius 3 is 2.58 bits per heavy atom. The third-order valence-corrected chi connectivity index (χ3v) is 8.88. The molecule has 2 atom stereocenters. The molecular formula is C32H32FN5O2. The van der Waals surface area contributed by atoms with Gasteiger partial charge in [-0.25, -0.2) is 9.37 Å². The summed E-state index contributed by atoms with van der Waals surface area (Å²) in [5, 5.41) is 0. The molecule has 1 aliphatic carbocycles. The van der Waals surface area contributed by atoms with Gasteiger partial charge in [0.05, 0.1) is 23.2 Å². The number of pyridine rings is 1. The molecule has 0 unspecified atom stereocenters. The van der Waals surface area contributed by atoms with Gasteiger partial charge in [-0.1, -0.05) is 24.3 Å². The first kappa shape index (κ1) is 24.8. The summed E-state index contributed by atoms with van der Waals surface area (Å²) < 4.78 is 17.3. The molecule has 7 rings (SSSR count). The minimum atomic E-state index is -0.367. The lowest BCUT2D eigenvalue weighted by Crippen LogP contribution is -2.39. The molecule has 0 radical (unpaired) electrons. The van der Waals surface area contributed by atoms with E-state index in [0.717, 1.165) is 36.2 Å². The fraction of sp³-hybridized carbons (Fsp3) is 0.344. The van der Waals surface area contributed by atoms with Gasteiger partial charge in [-0.3, -0.25) is 9.59 Å². The minimum Gasteiger partial charge on any atom is -0.371 e. The Bertz CT molecular complexity index is 1660. The Morgan fingerprint density at radius 2 is 1.82 bits per heavy atom. The first-order valence-electron chi connectivity index (χ1n) is 14.1. The van der Waals surface area contributed by atoms with Gasteiger partial charge in [-0.15, -0.1) is 0 Å². The molecule has 1 saturated carbocycles. The summed E-state index contributed by atoms with van der Waals surface area (Å²) in [7, 11) is 0. The number of aromatic nitrogens is 2. The zero-order chi connectivity index (χ0) is 27.5. The van der Waals surface area contributed by atoms with Gasteiger partial charge in [0, 0.05) is 43.3 Å². The van der Waals surface area contributed by atoms with E-state index >= 15 is 4.39 Å². The lowest BCUT2D eigenvalue weighted by atomic mass is 9.93. The lowest BCUT2D eigenvalue weighted by Gasteiger charge is -2.35. The van der Waals surface area contributed by atoms with Crippen LogP contribution in [0.3, 0.4) is 0 Å². The number of carbonyl (C=O) groups is 2. The number of hydrogen-bond donors (Lipinski definition) is 1. The van der Waals surface area contributed by atoms with Crippen LogP contribution in [0.2, 0.25) is 0 Å². The predicted octanol–water partition coefficient (Wildman–Crippen LogP) is 5.09. The highest BCUT2D eigenvalue weighted by Crippen LogP contribution is 2.43. The highest BCUT2D eigenvalue weighted by atomic mass is 19.1. The molecule has 2 amide bonds. The van der Waals surface area contributed by atoms with E-state index in [2.05, 4.69) is 25.1 Å². The van der Waals surface area contributed by atoms with Gasteiger partial charge >= 0.3 is 0 Å². The second-order valence-electron chi connectivity index (χ2n) is 11.4. The third-order valence-electron chi connectivity index (χ3n) is 8.88. The fourth-order valence-corrected chi connectivity index (χ4v) is 6.42. The summed E-state index contributed by atoms with van der Waals surface area (Å²) in [5.41, 5.74) is 12.1. The summed E-state index contributed by atoms with van der Waals surface area (Å²) in [6, 6.07) is 15.5. The molecule has 0 bridgehead atoms. The molecule has 4 aromatic rings. The molecule has 2 fully saturated rings. The molecular weight excluding hydrogens is 505 g/mol. The summed E-state index contributed by atoms with van der Waals surface area (Å²) in [6.07, 6.45) is 7.31. The van der Waals surface area contributed by atoms with E-state index in [0.29, 0.717) is 48.8 Å². The van der Waals surface area contributed by atoms with Crippen molar-refractivity contribution in [3.63, 3.8) is 0 Å². The van der Waals surface area contributed by atoms with Gasteiger partial charge in [0.1, 0.15) is 11.5 Å². The smallest absolute Gasteiger partial charge is 0.255 e. The molecule has 4 heterocycles. The second kappa shape index (κ2) is 9.47. The van der Waals surface area contributed by atoms with Crippen LogP contribution in [0.25, 0.3) is 16.9 Å². The Labute approximate surface area is 232 Å². The monoisotopic (exact) mass is 537 g/mol. The number of fused-ring (bicyclic) bond motifs is 2. The van der Waals surface area contributed by atoms with Crippen LogP contribution in [-0.2, 0) is 11.2 Å². The fourth-order valence-electron chi connectivity index (χ4n) is 6.42. The number of primary amides is 1. The van der Waals surface area contributed by atoms with E-state index in [-0.39, 0.29) is 29.6 Å². The zero-order valence-electron chi connectivity index (χ0n) is 22.5. The van der Waals surface area contributed by atoms with E-state index < -0.39 is 0 Å². The number of amides is 2. The molecule has 204 valence electrons. The summed E-state index contributed by atoms with van der Waals surface area (Å²) in [4.78, 5) is 34.2. The van der Waals surface area contributed by atoms with Crippen LogP contribution in [0, 0.1) is 11.7 Å². The second-order valence-corrected chi connectivity index (χ2v) is 11.4. The average Bonchev–Trinajstić information content (AvgIpc) is 3.51. The van der Waals surface area contributed by atoms with Crippen molar-refractivity contribution < 1.29 is 14.0 Å². The molecule has 2 N–H and O–H groups in total. The highest BCUT2D eigenvalue weighted by molar-refractivity contribution is 5.95. The largest absolute Gasteiger partial charge is 0.371 e. The molecule has 40 heavy (non-hydrogen) atoms. The Kier molecular flexibility index (Phi) is 5.87. The van der Waals surface area contributed by atoms with Crippen LogP contribution in [-0.4, -0.2) is 45.7 Å². The molecule has 0 spiro atoms. The normalized spacial score (nSPS) is 20.6. The molecule has 7 nitrogen and oxygen atoms in total. The minimum absolute atomic E-state index is 0.00246. The van der Waals surface area contributed by atoms with Crippen LogP contribution in [0.5, 0.6) is 0 Å². The van der Waals surface area contributed by atoms with Gasteiger partial charge in [0.2, 0.25) is 5.91 Å². The van der Waals surface area contributed by atoms with Gasteiger partial charge in [0.15, 0.2) is 0 Å². The van der Waals surface area contributed by atoms with E-state index in [1.54, 1.807) is 6.07 Å². The Morgan fingerprint density at radius 1 is 1.00 bits per heavy atom. The van der Waals surface area contributed by atoms with Crippen molar-refractivity contribution in [1.29, 1.82) is 0 Å². The van der Waals surface area contributed by atoms with Crippen LogP contribution in [0.15, 0.2) is 60.9 Å². The zero-order valence-corrected chi connectivity index (χ0v) is 22.5. The molecule has 2 aliphatic heterocycles. The number of benzene rings is 2.